The van der Waals surface area contributed by atoms with E-state index in [1.54, 1.807) is 21.0 Å². The van der Waals surface area contributed by atoms with Gasteiger partial charge in [-0.05, 0) is 43.7 Å². The van der Waals surface area contributed by atoms with Crippen LogP contribution in [0.2, 0.25) is 0 Å². The number of hydrogen-bond acceptors (Lipinski definition) is 2. The number of para-hydroxylation sites is 1. The maximum Gasteiger partial charge on any atom is 0.254 e. The molecular weight excluding hydrogens is 262 g/mol. The molecule has 1 aromatic rings. The Balaban J connectivity index is 2.97. The number of amides is 1. The molecule has 1 atom stereocenters. The zero-order valence-electron chi connectivity index (χ0n) is 14.0. The molecule has 1 aromatic carbocycles. The number of rotatable bonds is 6. The first-order valence-corrected chi connectivity index (χ1v) is 7.48. The van der Waals surface area contributed by atoms with Gasteiger partial charge in [0.25, 0.3) is 5.91 Å². The van der Waals surface area contributed by atoms with E-state index in [1.165, 1.54) is 5.56 Å². The standard InChI is InChI=1S/C18H27NO2/c1-12(2)11-13(3)16-9-7-8-10-17(16)19-18(20)14(4)15(5)21-6/h7-10,12-13H,11H2,1-6H3,(H,19,20)/b15-14+. The predicted molar refractivity (Wildman–Crippen MR) is 88.3 cm³/mol. The molecule has 0 aromatic heterocycles. The van der Waals surface area contributed by atoms with Gasteiger partial charge in [0, 0.05) is 5.69 Å². The third kappa shape index (κ3) is 4.92. The van der Waals surface area contributed by atoms with Gasteiger partial charge in [-0.1, -0.05) is 39.0 Å². The first kappa shape index (κ1) is 17.3. The third-order valence-corrected chi connectivity index (χ3v) is 3.74. The van der Waals surface area contributed by atoms with Crippen LogP contribution in [0, 0.1) is 5.92 Å². The van der Waals surface area contributed by atoms with E-state index in [1.807, 2.05) is 18.2 Å². The summed E-state index contributed by atoms with van der Waals surface area (Å²) in [7, 11) is 1.57. The van der Waals surface area contributed by atoms with Crippen molar-refractivity contribution in [2.24, 2.45) is 5.92 Å². The van der Waals surface area contributed by atoms with E-state index in [9.17, 15) is 4.79 Å². The van der Waals surface area contributed by atoms with E-state index < -0.39 is 0 Å². The Hall–Kier alpha value is -1.77. The number of ether oxygens (including phenoxy) is 1. The van der Waals surface area contributed by atoms with Crippen molar-refractivity contribution >= 4 is 11.6 Å². The lowest BCUT2D eigenvalue weighted by molar-refractivity contribution is -0.113. The largest absolute Gasteiger partial charge is 0.501 e. The highest BCUT2D eigenvalue weighted by Crippen LogP contribution is 2.29. The van der Waals surface area contributed by atoms with Gasteiger partial charge in [-0.2, -0.15) is 0 Å². The molecule has 1 N–H and O–H groups in total. The molecule has 21 heavy (non-hydrogen) atoms. The summed E-state index contributed by atoms with van der Waals surface area (Å²) in [6.07, 6.45) is 1.10. The van der Waals surface area contributed by atoms with Crippen molar-refractivity contribution in [1.29, 1.82) is 0 Å². The highest BCUT2D eigenvalue weighted by atomic mass is 16.5. The minimum Gasteiger partial charge on any atom is -0.501 e. The molecule has 3 nitrogen and oxygen atoms in total. The zero-order valence-corrected chi connectivity index (χ0v) is 14.0. The first-order valence-electron chi connectivity index (χ1n) is 7.48. The molecule has 1 amide bonds. The fourth-order valence-electron chi connectivity index (χ4n) is 2.40. The smallest absolute Gasteiger partial charge is 0.254 e. The van der Waals surface area contributed by atoms with Crippen LogP contribution in [0.3, 0.4) is 0 Å². The van der Waals surface area contributed by atoms with Gasteiger partial charge in [0.2, 0.25) is 0 Å². The number of methoxy groups -OCH3 is 1. The Morgan fingerprint density at radius 2 is 1.81 bits per heavy atom. The summed E-state index contributed by atoms with van der Waals surface area (Å²) >= 11 is 0. The van der Waals surface area contributed by atoms with Crippen LogP contribution in [-0.2, 0) is 9.53 Å². The number of carbonyl (C=O) groups is 1. The van der Waals surface area contributed by atoms with Gasteiger partial charge < -0.3 is 10.1 Å². The second-order valence-electron chi connectivity index (χ2n) is 5.96. The average Bonchev–Trinajstić information content (AvgIpc) is 2.45. The summed E-state index contributed by atoms with van der Waals surface area (Å²) < 4.78 is 5.12. The number of anilines is 1. The second kappa shape index (κ2) is 7.87. The zero-order chi connectivity index (χ0) is 16.0. The highest BCUT2D eigenvalue weighted by molar-refractivity contribution is 6.04. The third-order valence-electron chi connectivity index (χ3n) is 3.74. The molecule has 116 valence electrons. The quantitative estimate of drug-likeness (QED) is 0.608. The second-order valence-corrected chi connectivity index (χ2v) is 5.96. The van der Waals surface area contributed by atoms with Crippen LogP contribution in [0.4, 0.5) is 5.69 Å². The Labute approximate surface area is 128 Å². The van der Waals surface area contributed by atoms with Crippen molar-refractivity contribution in [2.45, 2.75) is 47.0 Å². The van der Waals surface area contributed by atoms with E-state index in [4.69, 9.17) is 4.74 Å². The fraction of sp³-hybridized carbons (Fsp3) is 0.500. The Morgan fingerprint density at radius 3 is 2.38 bits per heavy atom. The van der Waals surface area contributed by atoms with E-state index in [-0.39, 0.29) is 5.91 Å². The van der Waals surface area contributed by atoms with Crippen molar-refractivity contribution in [3.05, 3.63) is 41.2 Å². The minimum absolute atomic E-state index is 0.112. The molecule has 1 rings (SSSR count). The lowest BCUT2D eigenvalue weighted by Crippen LogP contribution is -2.16. The van der Waals surface area contributed by atoms with Crippen molar-refractivity contribution in [2.75, 3.05) is 12.4 Å². The van der Waals surface area contributed by atoms with Crippen molar-refractivity contribution < 1.29 is 9.53 Å². The van der Waals surface area contributed by atoms with Gasteiger partial charge in [-0.15, -0.1) is 0 Å². The molecular formula is C18H27NO2. The molecule has 0 aliphatic carbocycles. The molecule has 0 saturated heterocycles. The Kier molecular flexibility index (Phi) is 6.47. The maximum absolute atomic E-state index is 12.3. The number of carbonyl (C=O) groups excluding carboxylic acids is 1. The molecule has 1 unspecified atom stereocenters. The Bertz CT molecular complexity index is 518. The summed E-state index contributed by atoms with van der Waals surface area (Å²) in [6.45, 7) is 10.2. The van der Waals surface area contributed by atoms with Gasteiger partial charge in [-0.3, -0.25) is 4.79 Å². The van der Waals surface area contributed by atoms with Crippen LogP contribution < -0.4 is 5.32 Å². The van der Waals surface area contributed by atoms with Gasteiger partial charge >= 0.3 is 0 Å². The highest BCUT2D eigenvalue weighted by Gasteiger charge is 2.15. The van der Waals surface area contributed by atoms with E-state index in [0.717, 1.165) is 12.1 Å². The molecule has 0 radical (unpaired) electrons. The van der Waals surface area contributed by atoms with Gasteiger partial charge in [0.1, 0.15) is 5.76 Å². The van der Waals surface area contributed by atoms with Crippen LogP contribution in [0.1, 0.15) is 52.5 Å². The topological polar surface area (TPSA) is 38.3 Å². The summed E-state index contributed by atoms with van der Waals surface area (Å²) in [5.74, 6) is 1.56. The molecule has 0 spiro atoms. The van der Waals surface area contributed by atoms with Gasteiger partial charge in [0.15, 0.2) is 0 Å². The predicted octanol–water partition coefficient (Wildman–Crippen LogP) is 4.72. The lowest BCUT2D eigenvalue weighted by atomic mass is 9.91. The van der Waals surface area contributed by atoms with Crippen molar-refractivity contribution in [3.63, 3.8) is 0 Å². The van der Waals surface area contributed by atoms with Gasteiger partial charge in [-0.25, -0.2) is 0 Å². The van der Waals surface area contributed by atoms with Crippen LogP contribution in [-0.4, -0.2) is 13.0 Å². The first-order chi connectivity index (χ1) is 9.86. The van der Waals surface area contributed by atoms with Crippen LogP contribution in [0.25, 0.3) is 0 Å². The molecule has 0 aliphatic rings. The maximum atomic E-state index is 12.3. The molecule has 0 heterocycles. The summed E-state index contributed by atoms with van der Waals surface area (Å²) in [5, 5.41) is 3.00. The van der Waals surface area contributed by atoms with E-state index >= 15 is 0 Å². The normalized spacial score (nSPS) is 13.7. The fourth-order valence-corrected chi connectivity index (χ4v) is 2.40. The summed E-state index contributed by atoms with van der Waals surface area (Å²) in [5.41, 5.74) is 2.67. The summed E-state index contributed by atoms with van der Waals surface area (Å²) in [4.78, 5) is 12.3. The molecule has 3 heteroatoms. The number of allylic oxidation sites excluding steroid dienone is 1. The Morgan fingerprint density at radius 1 is 1.19 bits per heavy atom. The molecule has 0 aliphatic heterocycles. The van der Waals surface area contributed by atoms with E-state index in [2.05, 4.69) is 32.2 Å². The summed E-state index contributed by atoms with van der Waals surface area (Å²) in [6, 6.07) is 8.01. The van der Waals surface area contributed by atoms with Crippen molar-refractivity contribution in [1.82, 2.24) is 0 Å². The van der Waals surface area contributed by atoms with Crippen molar-refractivity contribution in [3.8, 4) is 0 Å². The van der Waals surface area contributed by atoms with Gasteiger partial charge in [0.05, 0.1) is 12.7 Å². The number of hydrogen-bond donors (Lipinski definition) is 1. The number of nitrogens with one attached hydrogen (secondary N) is 1. The van der Waals surface area contributed by atoms with Crippen LogP contribution >= 0.6 is 0 Å². The molecule has 0 bridgehead atoms. The lowest BCUT2D eigenvalue weighted by Gasteiger charge is -2.19. The van der Waals surface area contributed by atoms with Crippen LogP contribution in [0.5, 0.6) is 0 Å². The average molecular weight is 289 g/mol. The SMILES string of the molecule is CO/C(C)=C(\C)C(=O)Nc1ccccc1C(C)CC(C)C. The monoisotopic (exact) mass is 289 g/mol. The minimum atomic E-state index is -0.112. The van der Waals surface area contributed by atoms with E-state index in [0.29, 0.717) is 23.2 Å². The van der Waals surface area contributed by atoms with Crippen LogP contribution in [0.15, 0.2) is 35.6 Å². The molecule has 0 fully saturated rings. The number of benzene rings is 1. The molecule has 0 saturated carbocycles.